The molecule has 0 aliphatic heterocycles. The average Bonchev–Trinajstić information content (AvgIpc) is 2.75. The third-order valence-electron chi connectivity index (χ3n) is 5.28. The van der Waals surface area contributed by atoms with Crippen LogP contribution in [0.2, 0.25) is 0 Å². The summed E-state index contributed by atoms with van der Waals surface area (Å²) in [5, 5.41) is 7.19. The third-order valence-corrected chi connectivity index (χ3v) is 5.28. The van der Waals surface area contributed by atoms with Crippen LogP contribution < -0.4 is 10.6 Å². The smallest absolute Gasteiger partial charge is 0.00488 e. The van der Waals surface area contributed by atoms with Crippen molar-refractivity contribution in [3.63, 3.8) is 0 Å². The topological polar surface area (TPSA) is 24.1 Å². The van der Waals surface area contributed by atoms with Crippen LogP contribution in [-0.2, 0) is 12.8 Å². The molecular formula is C26H40N2. The van der Waals surface area contributed by atoms with Gasteiger partial charge in [-0.25, -0.2) is 0 Å². The molecule has 0 aliphatic carbocycles. The minimum absolute atomic E-state index is 1.16. The number of unbranched alkanes of at least 4 members (excludes halogenated alkanes) is 5. The molecule has 2 rings (SSSR count). The van der Waals surface area contributed by atoms with Crippen LogP contribution >= 0.6 is 0 Å². The second kappa shape index (κ2) is 16.3. The maximum absolute atomic E-state index is 3.59. The molecule has 0 bridgehead atoms. The van der Waals surface area contributed by atoms with E-state index in [1.165, 1.54) is 88.4 Å². The van der Waals surface area contributed by atoms with Crippen LogP contribution in [-0.4, -0.2) is 26.2 Å². The van der Waals surface area contributed by atoms with Gasteiger partial charge in [-0.1, -0.05) is 73.5 Å². The molecule has 0 amide bonds. The zero-order chi connectivity index (χ0) is 19.5. The molecule has 0 unspecified atom stereocenters. The summed E-state index contributed by atoms with van der Waals surface area (Å²) >= 11 is 0. The minimum Gasteiger partial charge on any atom is -0.317 e. The number of nitrogens with one attached hydrogen (secondary N) is 2. The van der Waals surface area contributed by atoms with Crippen LogP contribution in [0.5, 0.6) is 0 Å². The van der Waals surface area contributed by atoms with E-state index in [9.17, 15) is 0 Å². The highest BCUT2D eigenvalue weighted by molar-refractivity contribution is 5.15. The van der Waals surface area contributed by atoms with Gasteiger partial charge in [-0.05, 0) is 88.7 Å². The molecule has 0 aliphatic rings. The number of hydrogen-bond donors (Lipinski definition) is 2. The molecule has 2 N–H and O–H groups in total. The molecule has 0 radical (unpaired) electrons. The standard InChI is InChI=1S/C26H40N2/c1(11-21-27-23-13-9-19-25-15-5-3-6-16-25)2-12-22-28-24-14-10-20-26-17-7-4-8-18-26/h3-8,15-18,27-28H,1-2,9-14,19-24H2. The molecule has 0 atom stereocenters. The van der Waals surface area contributed by atoms with Crippen LogP contribution in [0.3, 0.4) is 0 Å². The number of aryl methyl sites for hydroxylation is 2. The quantitative estimate of drug-likeness (QED) is 0.340. The Kier molecular flexibility index (Phi) is 13.2. The van der Waals surface area contributed by atoms with E-state index in [1.807, 2.05) is 0 Å². The van der Waals surface area contributed by atoms with Gasteiger partial charge in [0, 0.05) is 0 Å². The molecule has 2 aromatic carbocycles. The summed E-state index contributed by atoms with van der Waals surface area (Å²) in [5.74, 6) is 0. The largest absolute Gasteiger partial charge is 0.317 e. The van der Waals surface area contributed by atoms with Crippen molar-refractivity contribution < 1.29 is 0 Å². The van der Waals surface area contributed by atoms with Crippen LogP contribution in [0.25, 0.3) is 0 Å². The van der Waals surface area contributed by atoms with Gasteiger partial charge in [0.05, 0.1) is 0 Å². The molecule has 0 fully saturated rings. The normalized spacial score (nSPS) is 11.0. The minimum atomic E-state index is 1.16. The summed E-state index contributed by atoms with van der Waals surface area (Å²) in [4.78, 5) is 0. The van der Waals surface area contributed by atoms with Gasteiger partial charge in [-0.3, -0.25) is 0 Å². The molecule has 154 valence electrons. The van der Waals surface area contributed by atoms with Gasteiger partial charge < -0.3 is 10.6 Å². The van der Waals surface area contributed by atoms with Crippen molar-refractivity contribution in [2.45, 2.75) is 64.2 Å². The van der Waals surface area contributed by atoms with E-state index in [1.54, 1.807) is 0 Å². The van der Waals surface area contributed by atoms with Gasteiger partial charge in [0.15, 0.2) is 0 Å². The van der Waals surface area contributed by atoms with Gasteiger partial charge >= 0.3 is 0 Å². The lowest BCUT2D eigenvalue weighted by atomic mass is 10.1. The van der Waals surface area contributed by atoms with E-state index >= 15 is 0 Å². The van der Waals surface area contributed by atoms with Gasteiger partial charge in [0.1, 0.15) is 0 Å². The van der Waals surface area contributed by atoms with Crippen molar-refractivity contribution >= 4 is 0 Å². The lowest BCUT2D eigenvalue weighted by Crippen LogP contribution is -2.18. The van der Waals surface area contributed by atoms with Crippen LogP contribution in [0.1, 0.15) is 62.5 Å². The predicted octanol–water partition coefficient (Wildman–Crippen LogP) is 5.77. The monoisotopic (exact) mass is 380 g/mol. The molecule has 28 heavy (non-hydrogen) atoms. The Balaban J connectivity index is 1.25. The summed E-state index contributed by atoms with van der Waals surface area (Å²) in [6, 6.07) is 21.6. The van der Waals surface area contributed by atoms with Gasteiger partial charge in [0.2, 0.25) is 0 Å². The Morgan fingerprint density at radius 2 is 0.750 bits per heavy atom. The zero-order valence-corrected chi connectivity index (χ0v) is 17.7. The molecule has 2 aromatic rings. The third kappa shape index (κ3) is 11.9. The number of rotatable bonds is 17. The van der Waals surface area contributed by atoms with E-state index in [4.69, 9.17) is 0 Å². The summed E-state index contributed by atoms with van der Waals surface area (Å²) in [5.41, 5.74) is 2.93. The second-order valence-electron chi connectivity index (χ2n) is 7.80. The highest BCUT2D eigenvalue weighted by Crippen LogP contribution is 2.05. The fraction of sp³-hybridized carbons (Fsp3) is 0.538. The van der Waals surface area contributed by atoms with Crippen molar-refractivity contribution in [1.82, 2.24) is 10.6 Å². The summed E-state index contributed by atoms with van der Waals surface area (Å²) in [6.07, 6.45) is 12.9. The van der Waals surface area contributed by atoms with Crippen molar-refractivity contribution in [3.8, 4) is 0 Å². The highest BCUT2D eigenvalue weighted by atomic mass is 14.8. The highest BCUT2D eigenvalue weighted by Gasteiger charge is 1.95. The van der Waals surface area contributed by atoms with Crippen LogP contribution in [0.15, 0.2) is 60.7 Å². The zero-order valence-electron chi connectivity index (χ0n) is 17.7. The van der Waals surface area contributed by atoms with Crippen LogP contribution in [0, 0.1) is 0 Å². The van der Waals surface area contributed by atoms with Crippen molar-refractivity contribution in [2.24, 2.45) is 0 Å². The van der Waals surface area contributed by atoms with Crippen LogP contribution in [0.4, 0.5) is 0 Å². The molecule has 0 heterocycles. The summed E-state index contributed by atoms with van der Waals surface area (Å²) < 4.78 is 0. The maximum Gasteiger partial charge on any atom is -0.00488 e. The fourth-order valence-corrected chi connectivity index (χ4v) is 3.55. The van der Waals surface area contributed by atoms with Crippen molar-refractivity contribution in [3.05, 3.63) is 71.8 Å². The van der Waals surface area contributed by atoms with E-state index in [-0.39, 0.29) is 0 Å². The first-order chi connectivity index (χ1) is 13.9. The summed E-state index contributed by atoms with van der Waals surface area (Å²) in [7, 11) is 0. The van der Waals surface area contributed by atoms with E-state index in [0.717, 1.165) is 13.1 Å². The molecule has 2 nitrogen and oxygen atoms in total. The molecule has 0 spiro atoms. The van der Waals surface area contributed by atoms with Gasteiger partial charge in [0.25, 0.3) is 0 Å². The number of hydrogen-bond acceptors (Lipinski definition) is 2. The first kappa shape index (κ1) is 22.6. The first-order valence-electron chi connectivity index (χ1n) is 11.4. The van der Waals surface area contributed by atoms with Crippen molar-refractivity contribution in [1.29, 1.82) is 0 Å². The molecular weight excluding hydrogens is 340 g/mol. The Morgan fingerprint density at radius 3 is 1.14 bits per heavy atom. The Bertz CT molecular complexity index is 514. The number of benzene rings is 2. The first-order valence-corrected chi connectivity index (χ1v) is 11.4. The van der Waals surface area contributed by atoms with Gasteiger partial charge in [-0.15, -0.1) is 0 Å². The maximum atomic E-state index is 3.59. The predicted molar refractivity (Wildman–Crippen MR) is 123 cm³/mol. The Hall–Kier alpha value is -1.64. The van der Waals surface area contributed by atoms with Gasteiger partial charge in [-0.2, -0.15) is 0 Å². The van der Waals surface area contributed by atoms with E-state index in [0.29, 0.717) is 0 Å². The fourth-order valence-electron chi connectivity index (χ4n) is 3.55. The lowest BCUT2D eigenvalue weighted by Gasteiger charge is -2.06. The lowest BCUT2D eigenvalue weighted by molar-refractivity contribution is 0.546. The molecule has 0 saturated heterocycles. The van der Waals surface area contributed by atoms with E-state index < -0.39 is 0 Å². The Labute approximate surface area is 173 Å². The molecule has 2 heteroatoms. The van der Waals surface area contributed by atoms with Crippen molar-refractivity contribution in [2.75, 3.05) is 26.2 Å². The SMILES string of the molecule is c1ccc(CCCCNCCCCCCNCCCCc2ccccc2)cc1. The molecule has 0 saturated carbocycles. The average molecular weight is 381 g/mol. The Morgan fingerprint density at radius 1 is 0.393 bits per heavy atom. The second-order valence-corrected chi connectivity index (χ2v) is 7.80. The molecule has 0 aromatic heterocycles. The summed E-state index contributed by atoms with van der Waals surface area (Å²) in [6.45, 7) is 4.69. The van der Waals surface area contributed by atoms with E-state index in [2.05, 4.69) is 71.3 Å².